The molecule has 0 amide bonds. The van der Waals surface area contributed by atoms with Crippen molar-refractivity contribution < 1.29 is 0 Å². The van der Waals surface area contributed by atoms with E-state index in [1.54, 1.807) is 4.88 Å². The van der Waals surface area contributed by atoms with E-state index >= 15 is 0 Å². The zero-order valence-electron chi connectivity index (χ0n) is 12.1. The fourth-order valence-electron chi connectivity index (χ4n) is 3.19. The molecule has 0 aliphatic heterocycles. The number of aryl methyl sites for hydroxylation is 2. The Kier molecular flexibility index (Phi) is 3.15. The second kappa shape index (κ2) is 5.15. The molecule has 1 aliphatic rings. The van der Waals surface area contributed by atoms with Crippen LogP contribution in [0.3, 0.4) is 0 Å². The molecule has 3 aromatic rings. The summed E-state index contributed by atoms with van der Waals surface area (Å²) in [6.07, 6.45) is 3.70. The van der Waals surface area contributed by atoms with Crippen molar-refractivity contribution >= 4 is 27.9 Å². The van der Waals surface area contributed by atoms with Crippen molar-refractivity contribution in [3.63, 3.8) is 0 Å². The van der Waals surface area contributed by atoms with Crippen LogP contribution in [0.4, 0.5) is 5.69 Å². The number of anilines is 1. The topological polar surface area (TPSA) is 24.9 Å². The first kappa shape index (κ1) is 12.8. The highest BCUT2D eigenvalue weighted by Crippen LogP contribution is 2.36. The summed E-state index contributed by atoms with van der Waals surface area (Å²) in [5.74, 6) is 0. The highest BCUT2D eigenvalue weighted by molar-refractivity contribution is 7.10. The third-order valence-electron chi connectivity index (χ3n) is 4.24. The van der Waals surface area contributed by atoms with Gasteiger partial charge in [0, 0.05) is 16.0 Å². The summed E-state index contributed by atoms with van der Waals surface area (Å²) in [6.45, 7) is 2.05. The fraction of sp³-hybridized carbons (Fsp3) is 0.278. The smallest absolute Gasteiger partial charge is 0.0936 e. The lowest BCUT2D eigenvalue weighted by Gasteiger charge is -2.25. The molecule has 3 heteroatoms. The lowest BCUT2D eigenvalue weighted by molar-refractivity contribution is 0.609. The molecule has 0 spiro atoms. The number of hydrogen-bond donors (Lipinski definition) is 1. The molecule has 0 saturated carbocycles. The van der Waals surface area contributed by atoms with Crippen LogP contribution in [0, 0.1) is 6.92 Å². The number of aromatic nitrogens is 1. The Morgan fingerprint density at radius 3 is 3.10 bits per heavy atom. The van der Waals surface area contributed by atoms with Gasteiger partial charge in [0.05, 0.1) is 17.2 Å². The normalized spacial score (nSPS) is 17.7. The van der Waals surface area contributed by atoms with Crippen LogP contribution in [-0.4, -0.2) is 4.98 Å². The van der Waals surface area contributed by atoms with Gasteiger partial charge in [-0.15, -0.1) is 11.3 Å². The van der Waals surface area contributed by atoms with Crippen LogP contribution in [0.1, 0.15) is 35.0 Å². The molecule has 0 fully saturated rings. The standard InChI is InChI=1S/C18H18N2S/c1-12-8-9-13-4-2-6-16(18(13)19-12)20-15-5-3-7-17-14(15)10-11-21-17/h2,4,6,8-11,15,20H,3,5,7H2,1H3. The van der Waals surface area contributed by atoms with E-state index < -0.39 is 0 Å². The minimum Gasteiger partial charge on any atom is -0.376 e. The number of fused-ring (bicyclic) bond motifs is 2. The molecule has 1 N–H and O–H groups in total. The number of benzene rings is 1. The van der Waals surface area contributed by atoms with E-state index in [2.05, 4.69) is 47.1 Å². The maximum Gasteiger partial charge on any atom is 0.0936 e. The molecule has 2 aromatic heterocycles. The summed E-state index contributed by atoms with van der Waals surface area (Å²) < 4.78 is 0. The van der Waals surface area contributed by atoms with Crippen LogP contribution in [0.15, 0.2) is 41.8 Å². The van der Waals surface area contributed by atoms with Gasteiger partial charge in [0.2, 0.25) is 0 Å². The molecule has 4 rings (SSSR count). The first-order valence-electron chi connectivity index (χ1n) is 7.50. The zero-order valence-corrected chi connectivity index (χ0v) is 12.9. The zero-order chi connectivity index (χ0) is 14.2. The quantitative estimate of drug-likeness (QED) is 0.711. The van der Waals surface area contributed by atoms with Gasteiger partial charge in [-0.3, -0.25) is 4.98 Å². The van der Waals surface area contributed by atoms with Crippen LogP contribution >= 0.6 is 11.3 Å². The van der Waals surface area contributed by atoms with Gasteiger partial charge in [0.25, 0.3) is 0 Å². The molecule has 1 aromatic carbocycles. The van der Waals surface area contributed by atoms with E-state index in [1.165, 1.54) is 30.2 Å². The molecule has 106 valence electrons. The van der Waals surface area contributed by atoms with E-state index in [-0.39, 0.29) is 0 Å². The molecule has 0 radical (unpaired) electrons. The summed E-state index contributed by atoms with van der Waals surface area (Å²) in [4.78, 5) is 6.27. The maximum absolute atomic E-state index is 4.72. The van der Waals surface area contributed by atoms with E-state index in [0.29, 0.717) is 6.04 Å². The van der Waals surface area contributed by atoms with Crippen molar-refractivity contribution in [2.75, 3.05) is 5.32 Å². The molecule has 2 nitrogen and oxygen atoms in total. The first-order chi connectivity index (χ1) is 10.3. The third kappa shape index (κ3) is 2.32. The van der Waals surface area contributed by atoms with E-state index in [4.69, 9.17) is 4.98 Å². The number of hydrogen-bond acceptors (Lipinski definition) is 3. The van der Waals surface area contributed by atoms with Gasteiger partial charge in [-0.1, -0.05) is 18.2 Å². The SMILES string of the molecule is Cc1ccc2cccc(NC3CCCc4sccc43)c2n1. The van der Waals surface area contributed by atoms with E-state index in [1.807, 2.05) is 18.3 Å². The van der Waals surface area contributed by atoms with Crippen LogP contribution in [0.5, 0.6) is 0 Å². The van der Waals surface area contributed by atoms with Crippen LogP contribution in [0.2, 0.25) is 0 Å². The molecule has 2 heterocycles. The number of nitrogens with one attached hydrogen (secondary N) is 1. The summed E-state index contributed by atoms with van der Waals surface area (Å²) in [5.41, 5.74) is 4.78. The average molecular weight is 294 g/mol. The Hall–Kier alpha value is -1.87. The molecule has 21 heavy (non-hydrogen) atoms. The van der Waals surface area contributed by atoms with Crippen molar-refractivity contribution in [3.05, 3.63) is 57.9 Å². The molecule has 1 aliphatic carbocycles. The summed E-state index contributed by atoms with van der Waals surface area (Å²) in [6, 6.07) is 13.3. The van der Waals surface area contributed by atoms with Gasteiger partial charge in [-0.25, -0.2) is 0 Å². The lowest BCUT2D eigenvalue weighted by atomic mass is 9.93. The van der Waals surface area contributed by atoms with E-state index in [0.717, 1.165) is 16.9 Å². The molecule has 1 atom stereocenters. The summed E-state index contributed by atoms with van der Waals surface area (Å²) >= 11 is 1.89. The predicted molar refractivity (Wildman–Crippen MR) is 90.1 cm³/mol. The molecular weight excluding hydrogens is 276 g/mol. The molecule has 0 saturated heterocycles. The van der Waals surface area contributed by atoms with E-state index in [9.17, 15) is 0 Å². The largest absolute Gasteiger partial charge is 0.376 e. The minimum atomic E-state index is 0.424. The second-order valence-electron chi connectivity index (χ2n) is 5.72. The molecular formula is C18H18N2S. The Morgan fingerprint density at radius 2 is 2.14 bits per heavy atom. The first-order valence-corrected chi connectivity index (χ1v) is 8.38. The van der Waals surface area contributed by atoms with Gasteiger partial charge in [0.15, 0.2) is 0 Å². The third-order valence-corrected chi connectivity index (χ3v) is 5.24. The van der Waals surface area contributed by atoms with Crippen molar-refractivity contribution in [1.29, 1.82) is 0 Å². The predicted octanol–water partition coefficient (Wildman–Crippen LogP) is 5.09. The monoisotopic (exact) mass is 294 g/mol. The van der Waals surface area contributed by atoms with Gasteiger partial charge in [0.1, 0.15) is 0 Å². The summed E-state index contributed by atoms with van der Waals surface area (Å²) in [5, 5.41) is 7.16. The number of rotatable bonds is 2. The molecule has 0 bridgehead atoms. The van der Waals surface area contributed by atoms with Crippen LogP contribution in [0.25, 0.3) is 10.9 Å². The minimum absolute atomic E-state index is 0.424. The van der Waals surface area contributed by atoms with Crippen molar-refractivity contribution in [1.82, 2.24) is 4.98 Å². The highest BCUT2D eigenvalue weighted by Gasteiger charge is 2.21. The fourth-order valence-corrected chi connectivity index (χ4v) is 4.17. The Morgan fingerprint density at radius 1 is 1.19 bits per heavy atom. The van der Waals surface area contributed by atoms with Gasteiger partial charge in [-0.2, -0.15) is 0 Å². The van der Waals surface area contributed by atoms with Gasteiger partial charge < -0.3 is 5.32 Å². The number of pyridine rings is 1. The van der Waals surface area contributed by atoms with Crippen LogP contribution < -0.4 is 5.32 Å². The van der Waals surface area contributed by atoms with Crippen molar-refractivity contribution in [2.45, 2.75) is 32.2 Å². The number of nitrogens with zero attached hydrogens (tertiary/aromatic N) is 1. The second-order valence-corrected chi connectivity index (χ2v) is 6.72. The maximum atomic E-state index is 4.72. The van der Waals surface area contributed by atoms with Crippen molar-refractivity contribution in [2.24, 2.45) is 0 Å². The van der Waals surface area contributed by atoms with Gasteiger partial charge in [-0.05, 0) is 55.3 Å². The Balaban J connectivity index is 1.74. The summed E-state index contributed by atoms with van der Waals surface area (Å²) in [7, 11) is 0. The molecule has 1 unspecified atom stereocenters. The van der Waals surface area contributed by atoms with Crippen LogP contribution in [-0.2, 0) is 6.42 Å². The highest BCUT2D eigenvalue weighted by atomic mass is 32.1. The van der Waals surface area contributed by atoms with Crippen molar-refractivity contribution in [3.8, 4) is 0 Å². The number of thiophene rings is 1. The average Bonchev–Trinajstić information content (AvgIpc) is 2.97. The Bertz CT molecular complexity index is 791. The number of para-hydroxylation sites is 1. The van der Waals surface area contributed by atoms with Gasteiger partial charge >= 0.3 is 0 Å². The Labute approximate surface area is 128 Å². The lowest BCUT2D eigenvalue weighted by Crippen LogP contribution is -2.15.